The molecule has 0 bridgehead atoms. The molecule has 14 heteroatoms. The highest BCUT2D eigenvalue weighted by Gasteiger charge is 2.31. The van der Waals surface area contributed by atoms with E-state index < -0.39 is 26.7 Å². The van der Waals surface area contributed by atoms with Crippen LogP contribution in [0.4, 0.5) is 5.69 Å². The normalized spacial score (nSPS) is 21.3. The SMILES string of the molecule is N=C(N=NN)c1c(N2CCC(CN)CC2)ccc(S(=O)CN[C@@H]2CCNC2)c1S(N)(=O)=O. The number of benzene rings is 1. The van der Waals surface area contributed by atoms with Crippen LogP contribution in [0.3, 0.4) is 0 Å². The number of nitrogens with zero attached hydrogens (tertiary/aromatic N) is 3. The van der Waals surface area contributed by atoms with Crippen LogP contribution < -0.4 is 32.2 Å². The van der Waals surface area contributed by atoms with Gasteiger partial charge in [0.2, 0.25) is 10.0 Å². The van der Waals surface area contributed by atoms with Crippen molar-refractivity contribution in [1.82, 2.24) is 10.6 Å². The molecule has 2 aliphatic rings. The van der Waals surface area contributed by atoms with E-state index in [4.69, 9.17) is 22.1 Å². The Morgan fingerprint density at radius 3 is 2.59 bits per heavy atom. The summed E-state index contributed by atoms with van der Waals surface area (Å²) in [6.07, 6.45) is 2.56. The molecule has 2 heterocycles. The summed E-state index contributed by atoms with van der Waals surface area (Å²) in [4.78, 5) is 1.61. The molecule has 2 atom stereocenters. The number of sulfonamides is 1. The number of piperidine rings is 1. The van der Waals surface area contributed by atoms with Crippen LogP contribution in [0.2, 0.25) is 0 Å². The van der Waals surface area contributed by atoms with Gasteiger partial charge in [0.15, 0.2) is 5.84 Å². The summed E-state index contributed by atoms with van der Waals surface area (Å²) in [5, 5.41) is 27.0. The number of anilines is 1. The molecule has 1 unspecified atom stereocenters. The summed E-state index contributed by atoms with van der Waals surface area (Å²) >= 11 is 0. The molecule has 32 heavy (non-hydrogen) atoms. The van der Waals surface area contributed by atoms with Crippen molar-refractivity contribution in [3.05, 3.63) is 17.7 Å². The second-order valence-electron chi connectivity index (χ2n) is 7.95. The van der Waals surface area contributed by atoms with Gasteiger partial charge >= 0.3 is 0 Å². The number of primary sulfonamides is 1. The van der Waals surface area contributed by atoms with Crippen LogP contribution in [0.5, 0.6) is 0 Å². The summed E-state index contributed by atoms with van der Waals surface area (Å²) < 4.78 is 38.4. The molecule has 2 saturated heterocycles. The quantitative estimate of drug-likeness (QED) is 0.0899. The van der Waals surface area contributed by atoms with Crippen molar-refractivity contribution in [3.8, 4) is 0 Å². The van der Waals surface area contributed by atoms with Crippen LogP contribution in [0, 0.1) is 11.3 Å². The Balaban J connectivity index is 2.03. The number of amidine groups is 1. The van der Waals surface area contributed by atoms with E-state index >= 15 is 0 Å². The molecule has 2 aliphatic heterocycles. The molecule has 0 spiro atoms. The summed E-state index contributed by atoms with van der Waals surface area (Å²) in [5.41, 5.74) is 6.21. The molecule has 3 rings (SSSR count). The van der Waals surface area contributed by atoms with Crippen molar-refractivity contribution in [1.29, 1.82) is 5.41 Å². The molecule has 0 saturated carbocycles. The van der Waals surface area contributed by atoms with Crippen LogP contribution in [0.1, 0.15) is 24.8 Å². The first-order chi connectivity index (χ1) is 15.3. The lowest BCUT2D eigenvalue weighted by Crippen LogP contribution is -2.37. The van der Waals surface area contributed by atoms with Gasteiger partial charge in [0.05, 0.1) is 27.1 Å². The van der Waals surface area contributed by atoms with Crippen molar-refractivity contribution >= 4 is 32.3 Å². The van der Waals surface area contributed by atoms with Gasteiger partial charge in [0.1, 0.15) is 4.90 Å². The van der Waals surface area contributed by atoms with Gasteiger partial charge in [-0.25, -0.2) is 13.6 Å². The Labute approximate surface area is 190 Å². The fourth-order valence-corrected chi connectivity index (χ4v) is 6.66. The zero-order valence-electron chi connectivity index (χ0n) is 17.8. The molecule has 0 aliphatic carbocycles. The van der Waals surface area contributed by atoms with Gasteiger partial charge < -0.3 is 27.1 Å². The molecular weight excluding hydrogens is 454 g/mol. The van der Waals surface area contributed by atoms with Gasteiger partial charge in [-0.05, 0) is 50.4 Å². The van der Waals surface area contributed by atoms with Gasteiger partial charge in [-0.2, -0.15) is 0 Å². The van der Waals surface area contributed by atoms with Crippen molar-refractivity contribution in [2.45, 2.75) is 35.1 Å². The van der Waals surface area contributed by atoms with E-state index in [1.165, 1.54) is 6.07 Å². The lowest BCUT2D eigenvalue weighted by molar-refractivity contribution is 0.414. The Morgan fingerprint density at radius 2 is 2.03 bits per heavy atom. The van der Waals surface area contributed by atoms with E-state index in [9.17, 15) is 12.6 Å². The number of hydrogen-bond acceptors (Lipinski definition) is 9. The van der Waals surface area contributed by atoms with E-state index in [0.29, 0.717) is 31.2 Å². The zero-order valence-corrected chi connectivity index (χ0v) is 19.4. The van der Waals surface area contributed by atoms with E-state index in [-0.39, 0.29) is 27.3 Å². The van der Waals surface area contributed by atoms with Gasteiger partial charge in [-0.1, -0.05) is 5.22 Å². The Bertz CT molecular complexity index is 986. The number of hydrogen-bond donors (Lipinski definition) is 6. The van der Waals surface area contributed by atoms with Crippen molar-refractivity contribution in [3.63, 3.8) is 0 Å². The molecule has 0 radical (unpaired) electrons. The fourth-order valence-electron chi connectivity index (χ4n) is 4.12. The first-order valence-corrected chi connectivity index (χ1v) is 13.3. The fraction of sp³-hybridized carbons (Fsp3) is 0.611. The van der Waals surface area contributed by atoms with Crippen LogP contribution in [0.15, 0.2) is 32.3 Å². The Morgan fingerprint density at radius 1 is 1.31 bits per heavy atom. The molecular formula is C18H31N9O3S2. The van der Waals surface area contributed by atoms with Gasteiger partial charge in [0, 0.05) is 31.4 Å². The highest BCUT2D eigenvalue weighted by atomic mass is 32.2. The summed E-state index contributed by atoms with van der Waals surface area (Å²) in [5.74, 6) is 5.12. The summed E-state index contributed by atoms with van der Waals surface area (Å²) in [6, 6.07) is 3.33. The minimum atomic E-state index is -4.35. The van der Waals surface area contributed by atoms with Gasteiger partial charge in [-0.3, -0.25) is 9.62 Å². The first kappa shape index (κ1) is 24.7. The molecule has 9 N–H and O–H groups in total. The largest absolute Gasteiger partial charge is 0.371 e. The number of nitrogens with one attached hydrogen (secondary N) is 3. The average Bonchev–Trinajstić information content (AvgIpc) is 3.30. The molecule has 0 aromatic heterocycles. The lowest BCUT2D eigenvalue weighted by atomic mass is 9.96. The van der Waals surface area contributed by atoms with Crippen molar-refractivity contribution in [2.24, 2.45) is 33.0 Å². The second kappa shape index (κ2) is 10.8. The highest BCUT2D eigenvalue weighted by Crippen LogP contribution is 2.34. The third-order valence-electron chi connectivity index (χ3n) is 5.88. The number of rotatable bonds is 8. The molecule has 178 valence electrons. The summed E-state index contributed by atoms with van der Waals surface area (Å²) in [6.45, 7) is 3.47. The van der Waals surface area contributed by atoms with Crippen molar-refractivity contribution < 1.29 is 12.6 Å². The monoisotopic (exact) mass is 485 g/mol. The Hall–Kier alpha value is -1.97. The Kier molecular flexibility index (Phi) is 8.30. The van der Waals surface area contributed by atoms with Crippen LogP contribution >= 0.6 is 0 Å². The smallest absolute Gasteiger partial charge is 0.240 e. The van der Waals surface area contributed by atoms with Crippen LogP contribution in [0.25, 0.3) is 0 Å². The summed E-state index contributed by atoms with van der Waals surface area (Å²) in [7, 11) is -6.07. The van der Waals surface area contributed by atoms with Crippen LogP contribution in [-0.2, 0) is 20.8 Å². The standard InChI is InChI=1S/C18H31N9O3S2/c19-9-12-4-7-27(8-5-12)14-1-2-15(31(28)11-24-13-3-6-23-10-13)17(32(22,29)30)16(14)18(20)25-26-21/h1-2,12-13,23-24H,3-11,19H2,(H3,20,21,25)(H2,22,29,30)/t13-,31?/m1/s1. The third kappa shape index (κ3) is 5.68. The predicted molar refractivity (Wildman–Crippen MR) is 123 cm³/mol. The third-order valence-corrected chi connectivity index (χ3v) is 8.26. The first-order valence-electron chi connectivity index (χ1n) is 10.4. The lowest BCUT2D eigenvalue weighted by Gasteiger charge is -2.34. The maximum atomic E-state index is 13.1. The van der Waals surface area contributed by atoms with Crippen LogP contribution in [-0.4, -0.2) is 63.1 Å². The van der Waals surface area contributed by atoms with Gasteiger partial charge in [-0.15, -0.1) is 5.11 Å². The van der Waals surface area contributed by atoms with E-state index in [1.807, 2.05) is 4.90 Å². The van der Waals surface area contributed by atoms with E-state index in [0.717, 1.165) is 32.4 Å². The van der Waals surface area contributed by atoms with E-state index in [2.05, 4.69) is 21.0 Å². The maximum Gasteiger partial charge on any atom is 0.240 e. The average molecular weight is 486 g/mol. The number of nitrogens with two attached hydrogens (primary N) is 3. The molecule has 1 aromatic carbocycles. The minimum Gasteiger partial charge on any atom is -0.371 e. The predicted octanol–water partition coefficient (Wildman–Crippen LogP) is -0.823. The van der Waals surface area contributed by atoms with Crippen molar-refractivity contribution in [2.75, 3.05) is 43.5 Å². The topological polar surface area (TPSA) is 205 Å². The molecule has 12 nitrogen and oxygen atoms in total. The molecule has 1 aromatic rings. The highest BCUT2D eigenvalue weighted by molar-refractivity contribution is 7.91. The maximum absolute atomic E-state index is 13.1. The molecule has 0 amide bonds. The second-order valence-corrected chi connectivity index (χ2v) is 10.9. The molecule has 2 fully saturated rings. The zero-order chi connectivity index (χ0) is 23.3. The van der Waals surface area contributed by atoms with E-state index in [1.54, 1.807) is 6.07 Å². The minimum absolute atomic E-state index is 0.0264. The van der Waals surface area contributed by atoms with Gasteiger partial charge in [0.25, 0.3) is 0 Å².